The molecule has 0 saturated heterocycles. The van der Waals surface area contributed by atoms with Crippen molar-refractivity contribution < 1.29 is 14.7 Å². The van der Waals surface area contributed by atoms with Crippen molar-refractivity contribution in [1.29, 1.82) is 0 Å². The monoisotopic (exact) mass is 381 g/mol. The van der Waals surface area contributed by atoms with Crippen LogP contribution in [0.15, 0.2) is 24.3 Å². The first kappa shape index (κ1) is 19.3. The molecule has 1 heterocycles. The lowest BCUT2D eigenvalue weighted by Crippen LogP contribution is -2.27. The van der Waals surface area contributed by atoms with Crippen molar-refractivity contribution in [2.24, 2.45) is 0 Å². The number of nitrogens with one attached hydrogen (secondary N) is 1. The summed E-state index contributed by atoms with van der Waals surface area (Å²) in [5.74, 6) is -0.478. The third-order valence-electron chi connectivity index (χ3n) is 3.64. The molecule has 134 valence electrons. The van der Waals surface area contributed by atoms with Crippen LogP contribution in [0.5, 0.6) is 0 Å². The summed E-state index contributed by atoms with van der Waals surface area (Å²) in [6.45, 7) is 4.55. The second-order valence-electron chi connectivity index (χ2n) is 5.50. The molecular formula is C17H20ClN3O3S. The number of carboxylic acid groups (broad SMARTS) is 1. The number of amides is 1. The fourth-order valence-corrected chi connectivity index (χ4v) is 3.21. The van der Waals surface area contributed by atoms with Crippen molar-refractivity contribution in [3.8, 4) is 0 Å². The molecule has 0 bridgehead atoms. The Kier molecular flexibility index (Phi) is 6.90. The Balaban J connectivity index is 2.02. The van der Waals surface area contributed by atoms with Gasteiger partial charge in [0, 0.05) is 23.0 Å². The second kappa shape index (κ2) is 8.92. The Morgan fingerprint density at radius 3 is 2.72 bits per heavy atom. The minimum absolute atomic E-state index is 0.0314. The lowest BCUT2D eigenvalue weighted by molar-refractivity contribution is -0.133. The molecule has 0 saturated carbocycles. The van der Waals surface area contributed by atoms with E-state index in [0.29, 0.717) is 35.1 Å². The van der Waals surface area contributed by atoms with Gasteiger partial charge in [0.1, 0.15) is 0 Å². The van der Waals surface area contributed by atoms with Gasteiger partial charge in [-0.25, -0.2) is 0 Å². The van der Waals surface area contributed by atoms with Crippen LogP contribution in [0.3, 0.4) is 0 Å². The van der Waals surface area contributed by atoms with Gasteiger partial charge in [0.25, 0.3) is 5.91 Å². The zero-order valence-corrected chi connectivity index (χ0v) is 15.7. The largest absolute Gasteiger partial charge is 0.481 e. The van der Waals surface area contributed by atoms with Gasteiger partial charge in [-0.1, -0.05) is 29.8 Å². The maximum atomic E-state index is 12.4. The number of thioether (sulfide) groups is 1. The quantitative estimate of drug-likeness (QED) is 0.687. The standard InChI is InChI=1S/C17H20ClN3O3S/c1-11-16(17(24)19-7-8-25-10-15(22)23)12(2)21(20-11)9-13-5-3-4-6-14(13)18/h3-6H,7-10H2,1-2H3,(H,19,24)(H,22,23). The van der Waals surface area contributed by atoms with Gasteiger partial charge in [-0.2, -0.15) is 5.10 Å². The molecule has 6 nitrogen and oxygen atoms in total. The van der Waals surface area contributed by atoms with E-state index in [1.807, 2.05) is 31.2 Å². The third kappa shape index (κ3) is 5.24. The molecule has 25 heavy (non-hydrogen) atoms. The second-order valence-corrected chi connectivity index (χ2v) is 7.01. The minimum atomic E-state index is -0.858. The van der Waals surface area contributed by atoms with Gasteiger partial charge in [0.05, 0.1) is 23.6 Å². The smallest absolute Gasteiger partial charge is 0.313 e. The van der Waals surface area contributed by atoms with Gasteiger partial charge in [-0.15, -0.1) is 11.8 Å². The number of aromatic nitrogens is 2. The normalized spacial score (nSPS) is 10.7. The predicted octanol–water partition coefficient (Wildman–Crippen LogP) is 2.75. The molecular weight excluding hydrogens is 362 g/mol. The maximum absolute atomic E-state index is 12.4. The number of carbonyl (C=O) groups excluding carboxylic acids is 1. The van der Waals surface area contributed by atoms with Crippen LogP contribution >= 0.6 is 23.4 Å². The first-order valence-electron chi connectivity index (χ1n) is 7.75. The highest BCUT2D eigenvalue weighted by Crippen LogP contribution is 2.19. The highest BCUT2D eigenvalue weighted by Gasteiger charge is 2.18. The molecule has 0 radical (unpaired) electrons. The summed E-state index contributed by atoms with van der Waals surface area (Å²) >= 11 is 7.46. The molecule has 0 aliphatic heterocycles. The third-order valence-corrected chi connectivity index (χ3v) is 4.96. The van der Waals surface area contributed by atoms with Crippen LogP contribution in [-0.2, 0) is 11.3 Å². The van der Waals surface area contributed by atoms with Crippen molar-refractivity contribution in [3.05, 3.63) is 51.8 Å². The van der Waals surface area contributed by atoms with Gasteiger partial charge in [-0.05, 0) is 25.5 Å². The summed E-state index contributed by atoms with van der Waals surface area (Å²) in [6, 6.07) is 7.53. The highest BCUT2D eigenvalue weighted by atomic mass is 35.5. The molecule has 8 heteroatoms. The minimum Gasteiger partial charge on any atom is -0.481 e. The van der Waals surface area contributed by atoms with Crippen LogP contribution in [0, 0.1) is 13.8 Å². The molecule has 2 aromatic rings. The topological polar surface area (TPSA) is 84.2 Å². The van der Waals surface area contributed by atoms with Crippen molar-refractivity contribution in [2.45, 2.75) is 20.4 Å². The average Bonchev–Trinajstić information content (AvgIpc) is 2.83. The van der Waals surface area contributed by atoms with Crippen LogP contribution in [0.2, 0.25) is 5.02 Å². The van der Waals surface area contributed by atoms with Crippen molar-refractivity contribution in [3.63, 3.8) is 0 Å². The fourth-order valence-electron chi connectivity index (χ4n) is 2.45. The lowest BCUT2D eigenvalue weighted by atomic mass is 10.1. The van der Waals surface area contributed by atoms with Gasteiger partial charge in [0.2, 0.25) is 0 Å². The summed E-state index contributed by atoms with van der Waals surface area (Å²) in [5.41, 5.74) is 2.91. The van der Waals surface area contributed by atoms with Gasteiger partial charge >= 0.3 is 5.97 Å². The summed E-state index contributed by atoms with van der Waals surface area (Å²) < 4.78 is 1.77. The molecule has 1 amide bonds. The number of aliphatic carboxylic acids is 1. The molecule has 2 rings (SSSR count). The number of carbonyl (C=O) groups is 2. The molecule has 0 fully saturated rings. The molecule has 1 aromatic heterocycles. The summed E-state index contributed by atoms with van der Waals surface area (Å²) in [6.07, 6.45) is 0. The Morgan fingerprint density at radius 1 is 1.32 bits per heavy atom. The van der Waals surface area contributed by atoms with Gasteiger partial charge < -0.3 is 10.4 Å². The van der Waals surface area contributed by atoms with E-state index in [4.69, 9.17) is 16.7 Å². The Bertz CT molecular complexity index is 776. The average molecular weight is 382 g/mol. The lowest BCUT2D eigenvalue weighted by Gasteiger charge is -2.08. The molecule has 0 atom stereocenters. The molecule has 0 aliphatic carbocycles. The number of aryl methyl sites for hydroxylation is 1. The zero-order valence-electron chi connectivity index (χ0n) is 14.1. The predicted molar refractivity (Wildman–Crippen MR) is 99.5 cm³/mol. The van der Waals surface area contributed by atoms with E-state index in [0.717, 1.165) is 11.3 Å². The summed E-state index contributed by atoms with van der Waals surface area (Å²) in [4.78, 5) is 22.9. The first-order chi connectivity index (χ1) is 11.9. The number of carboxylic acids is 1. The number of nitrogens with zero attached hydrogens (tertiary/aromatic N) is 2. The van der Waals surface area contributed by atoms with Crippen molar-refractivity contribution >= 4 is 35.2 Å². The maximum Gasteiger partial charge on any atom is 0.313 e. The number of benzene rings is 1. The van der Waals surface area contributed by atoms with E-state index in [-0.39, 0.29) is 11.7 Å². The number of hydrogen-bond donors (Lipinski definition) is 2. The van der Waals surface area contributed by atoms with Crippen LogP contribution < -0.4 is 5.32 Å². The van der Waals surface area contributed by atoms with E-state index in [2.05, 4.69) is 10.4 Å². The van der Waals surface area contributed by atoms with Crippen LogP contribution in [-0.4, -0.2) is 44.8 Å². The highest BCUT2D eigenvalue weighted by molar-refractivity contribution is 7.99. The first-order valence-corrected chi connectivity index (χ1v) is 9.28. The van der Waals surface area contributed by atoms with Crippen LogP contribution in [0.4, 0.5) is 0 Å². The molecule has 0 spiro atoms. The Morgan fingerprint density at radius 2 is 2.04 bits per heavy atom. The van der Waals surface area contributed by atoms with Crippen LogP contribution in [0.25, 0.3) is 0 Å². The SMILES string of the molecule is Cc1nn(Cc2ccccc2Cl)c(C)c1C(=O)NCCSCC(=O)O. The number of halogens is 1. The molecule has 0 unspecified atom stereocenters. The van der Waals surface area contributed by atoms with E-state index in [1.165, 1.54) is 11.8 Å². The molecule has 0 aliphatic rings. The summed E-state index contributed by atoms with van der Waals surface area (Å²) in [7, 11) is 0. The van der Waals surface area contributed by atoms with Crippen LogP contribution in [0.1, 0.15) is 27.3 Å². The van der Waals surface area contributed by atoms with E-state index < -0.39 is 5.97 Å². The zero-order chi connectivity index (χ0) is 18.4. The van der Waals surface area contributed by atoms with E-state index in [1.54, 1.807) is 11.6 Å². The van der Waals surface area contributed by atoms with Crippen molar-refractivity contribution in [1.82, 2.24) is 15.1 Å². The molecule has 2 N–H and O–H groups in total. The Labute approximate surface area is 155 Å². The van der Waals surface area contributed by atoms with Gasteiger partial charge in [-0.3, -0.25) is 14.3 Å². The van der Waals surface area contributed by atoms with E-state index >= 15 is 0 Å². The number of rotatable bonds is 8. The molecule has 1 aromatic carbocycles. The summed E-state index contributed by atoms with van der Waals surface area (Å²) in [5, 5.41) is 16.5. The Hall–Kier alpha value is -1.99. The van der Waals surface area contributed by atoms with E-state index in [9.17, 15) is 9.59 Å². The number of hydrogen-bond acceptors (Lipinski definition) is 4. The van der Waals surface area contributed by atoms with Crippen molar-refractivity contribution in [2.75, 3.05) is 18.1 Å². The fraction of sp³-hybridized carbons (Fsp3) is 0.353. The van der Waals surface area contributed by atoms with Gasteiger partial charge in [0.15, 0.2) is 0 Å².